The first-order valence-corrected chi connectivity index (χ1v) is 12.5. The van der Waals surface area contributed by atoms with Crippen LogP contribution in [0.1, 0.15) is 48.3 Å². The highest BCUT2D eigenvalue weighted by atomic mass is 19.4. The van der Waals surface area contributed by atoms with Crippen LogP contribution in [0.25, 0.3) is 27.9 Å². The first-order valence-electron chi connectivity index (χ1n) is 12.5. The van der Waals surface area contributed by atoms with Crippen LogP contribution in [0.15, 0.2) is 49.2 Å². The molecular weight excluding hydrogens is 511 g/mol. The number of ether oxygens (including phenoxy) is 1. The van der Waals surface area contributed by atoms with E-state index in [4.69, 9.17) is 4.74 Å². The number of allylic oxidation sites excluding steroid dienone is 1. The van der Waals surface area contributed by atoms with Crippen molar-refractivity contribution >= 4 is 34.0 Å². The summed E-state index contributed by atoms with van der Waals surface area (Å²) in [6.45, 7) is 5.44. The predicted octanol–water partition coefficient (Wildman–Crippen LogP) is 5.60. The highest BCUT2D eigenvalue weighted by Gasteiger charge is 2.28. The van der Waals surface area contributed by atoms with Crippen molar-refractivity contribution in [3.63, 3.8) is 0 Å². The quantitative estimate of drug-likeness (QED) is 0.317. The second kappa shape index (κ2) is 10.5. The highest BCUT2D eigenvalue weighted by molar-refractivity contribution is 5.97. The van der Waals surface area contributed by atoms with E-state index in [2.05, 4.69) is 27.1 Å². The van der Waals surface area contributed by atoms with Crippen LogP contribution < -0.4 is 10.6 Å². The molecule has 2 N–H and O–H groups in total. The number of carbonyl (C=O) groups excluding carboxylic acids is 1. The Hall–Kier alpha value is -4.19. The van der Waals surface area contributed by atoms with Crippen LogP contribution in [0.3, 0.4) is 0 Å². The van der Waals surface area contributed by atoms with Crippen molar-refractivity contribution in [2.75, 3.05) is 18.5 Å². The summed E-state index contributed by atoms with van der Waals surface area (Å²) in [6.07, 6.45) is 0.340. The predicted molar refractivity (Wildman–Crippen MR) is 141 cm³/mol. The Morgan fingerprint density at radius 2 is 1.95 bits per heavy atom. The van der Waals surface area contributed by atoms with Gasteiger partial charge in [0.1, 0.15) is 6.54 Å². The smallest absolute Gasteiger partial charge is 0.356 e. The summed E-state index contributed by atoms with van der Waals surface area (Å²) >= 11 is 0. The molecule has 1 fully saturated rings. The molecule has 204 valence electrons. The number of rotatable bonds is 7. The van der Waals surface area contributed by atoms with Crippen molar-refractivity contribution in [2.45, 2.75) is 38.6 Å². The first kappa shape index (κ1) is 26.4. The molecule has 1 saturated heterocycles. The number of anilines is 2. The number of aromatic nitrogens is 5. The molecule has 1 unspecified atom stereocenters. The molecule has 1 atom stereocenters. The third-order valence-electron chi connectivity index (χ3n) is 6.50. The fraction of sp³-hybridized carbons (Fsp3) is 0.333. The third kappa shape index (κ3) is 5.65. The largest absolute Gasteiger partial charge is 0.405 e. The topological polar surface area (TPSA) is 98.9 Å². The van der Waals surface area contributed by atoms with Crippen LogP contribution in [0, 0.1) is 0 Å². The van der Waals surface area contributed by atoms with Gasteiger partial charge in [-0.25, -0.2) is 9.36 Å². The minimum atomic E-state index is -4.48. The van der Waals surface area contributed by atoms with Gasteiger partial charge in [0, 0.05) is 41.4 Å². The normalized spacial score (nSPS) is 15.9. The molecular formula is C27H28F3N7O2. The number of hydrogen-bond donors (Lipinski definition) is 2. The Bertz CT molecular complexity index is 1520. The van der Waals surface area contributed by atoms with Crippen LogP contribution in [-0.4, -0.2) is 49.8 Å². The van der Waals surface area contributed by atoms with E-state index in [1.54, 1.807) is 23.9 Å². The van der Waals surface area contributed by atoms with Gasteiger partial charge >= 0.3 is 6.18 Å². The van der Waals surface area contributed by atoms with Crippen LogP contribution in [0.5, 0.6) is 0 Å². The molecule has 0 aliphatic carbocycles. The molecule has 3 heterocycles. The molecule has 12 heteroatoms. The van der Waals surface area contributed by atoms with Gasteiger partial charge in [-0.2, -0.15) is 23.3 Å². The van der Waals surface area contributed by atoms with Crippen LogP contribution >= 0.6 is 0 Å². The Balaban J connectivity index is 1.38. The molecule has 0 saturated carbocycles. The summed E-state index contributed by atoms with van der Waals surface area (Å²) in [7, 11) is 1.75. The molecule has 2 aromatic carbocycles. The van der Waals surface area contributed by atoms with Gasteiger partial charge in [0.15, 0.2) is 12.1 Å². The zero-order valence-corrected chi connectivity index (χ0v) is 21.5. The number of fused-ring (bicyclic) bond motifs is 1. The summed E-state index contributed by atoms with van der Waals surface area (Å²) in [5.41, 5.74) is 4.23. The van der Waals surface area contributed by atoms with E-state index in [-0.39, 0.29) is 11.8 Å². The van der Waals surface area contributed by atoms with E-state index < -0.39 is 18.6 Å². The zero-order chi connectivity index (χ0) is 27.7. The molecule has 4 aromatic rings. The van der Waals surface area contributed by atoms with E-state index in [9.17, 15) is 18.0 Å². The molecule has 2 aromatic heterocycles. The van der Waals surface area contributed by atoms with Crippen molar-refractivity contribution in [3.8, 4) is 11.4 Å². The Labute approximate surface area is 222 Å². The van der Waals surface area contributed by atoms with Gasteiger partial charge in [0.2, 0.25) is 5.95 Å². The molecule has 1 aliphatic heterocycles. The number of hydrogen-bond acceptors (Lipinski definition) is 6. The number of nitrogens with zero attached hydrogens (tertiary/aromatic N) is 5. The first-order chi connectivity index (χ1) is 18.6. The van der Waals surface area contributed by atoms with E-state index in [0.717, 1.165) is 53.6 Å². The molecule has 0 radical (unpaired) electrons. The van der Waals surface area contributed by atoms with Gasteiger partial charge in [-0.1, -0.05) is 18.7 Å². The summed E-state index contributed by atoms with van der Waals surface area (Å²) < 4.78 is 46.6. The molecule has 9 nitrogen and oxygen atoms in total. The maximum Gasteiger partial charge on any atom is 0.405 e. The van der Waals surface area contributed by atoms with Gasteiger partial charge in [0.05, 0.1) is 11.7 Å². The standard InChI is InChI=1S/C27H28F3N7O2/c1-16(2)23-19-14-32-37(22-6-4-5-13-39-22)21(19)12-11-20(23)33-26-34-24(35-36(26)3)17-7-9-18(10-8-17)25(38)31-15-27(28,29)30/h7-12,14,22H,1,4-6,13,15H2,2-3H3,(H,31,38)(H,33,34,35). The molecule has 5 rings (SSSR count). The zero-order valence-electron chi connectivity index (χ0n) is 21.5. The lowest BCUT2D eigenvalue weighted by atomic mass is 10.0. The van der Waals surface area contributed by atoms with E-state index >= 15 is 0 Å². The van der Waals surface area contributed by atoms with E-state index in [0.29, 0.717) is 17.3 Å². The van der Waals surface area contributed by atoms with Crippen LogP contribution in [0.2, 0.25) is 0 Å². The number of nitrogens with one attached hydrogen (secondary N) is 2. The van der Waals surface area contributed by atoms with Crippen LogP contribution in [-0.2, 0) is 11.8 Å². The van der Waals surface area contributed by atoms with Gasteiger partial charge in [-0.05, 0) is 56.0 Å². The summed E-state index contributed by atoms with van der Waals surface area (Å²) in [4.78, 5) is 16.6. The molecule has 0 bridgehead atoms. The Morgan fingerprint density at radius 3 is 2.62 bits per heavy atom. The number of alkyl halides is 3. The average Bonchev–Trinajstić information content (AvgIpc) is 3.50. The maximum atomic E-state index is 12.4. The molecule has 1 amide bonds. The van der Waals surface area contributed by atoms with Crippen molar-refractivity contribution in [1.82, 2.24) is 29.9 Å². The van der Waals surface area contributed by atoms with Gasteiger partial charge in [0.25, 0.3) is 5.91 Å². The average molecular weight is 540 g/mol. The number of benzene rings is 2. The number of aryl methyl sites for hydroxylation is 1. The second-order valence-electron chi connectivity index (χ2n) is 9.49. The van der Waals surface area contributed by atoms with Gasteiger partial charge < -0.3 is 15.4 Å². The number of carbonyl (C=O) groups is 1. The van der Waals surface area contributed by atoms with E-state index in [1.807, 2.05) is 35.3 Å². The maximum absolute atomic E-state index is 12.4. The van der Waals surface area contributed by atoms with Crippen molar-refractivity contribution in [3.05, 3.63) is 60.3 Å². The molecule has 1 aliphatic rings. The lowest BCUT2D eigenvalue weighted by molar-refractivity contribution is -0.123. The van der Waals surface area contributed by atoms with Crippen molar-refractivity contribution < 1.29 is 22.7 Å². The Kier molecular flexibility index (Phi) is 7.13. The lowest BCUT2D eigenvalue weighted by Gasteiger charge is -2.23. The van der Waals surface area contributed by atoms with E-state index in [1.165, 1.54) is 12.1 Å². The highest BCUT2D eigenvalue weighted by Crippen LogP contribution is 2.35. The lowest BCUT2D eigenvalue weighted by Crippen LogP contribution is -2.33. The molecule has 0 spiro atoms. The van der Waals surface area contributed by atoms with Crippen LogP contribution in [0.4, 0.5) is 24.8 Å². The second-order valence-corrected chi connectivity index (χ2v) is 9.49. The summed E-state index contributed by atoms with van der Waals surface area (Å²) in [6, 6.07) is 10.0. The number of halogens is 3. The van der Waals surface area contributed by atoms with Gasteiger partial charge in [-0.3, -0.25) is 4.79 Å². The fourth-order valence-electron chi connectivity index (χ4n) is 4.62. The van der Waals surface area contributed by atoms with Crippen molar-refractivity contribution in [2.24, 2.45) is 7.05 Å². The summed E-state index contributed by atoms with van der Waals surface area (Å²) in [5.74, 6) is 0.0561. The third-order valence-corrected chi connectivity index (χ3v) is 6.50. The monoisotopic (exact) mass is 539 g/mol. The Morgan fingerprint density at radius 1 is 1.18 bits per heavy atom. The SMILES string of the molecule is C=C(C)c1c(Nc2nc(-c3ccc(C(=O)NCC(F)(F)F)cc3)nn2C)ccc2c1cnn2C1CCCCO1. The molecule has 39 heavy (non-hydrogen) atoms. The van der Waals surface area contributed by atoms with Crippen molar-refractivity contribution in [1.29, 1.82) is 0 Å². The minimum Gasteiger partial charge on any atom is -0.356 e. The minimum absolute atomic E-state index is 0.0866. The summed E-state index contributed by atoms with van der Waals surface area (Å²) in [5, 5.41) is 15.2. The van der Waals surface area contributed by atoms with Gasteiger partial charge in [-0.15, -0.1) is 5.10 Å². The fourth-order valence-corrected chi connectivity index (χ4v) is 4.62. The number of amides is 1.